The molecule has 3 nitrogen and oxygen atoms in total. The van der Waals surface area contributed by atoms with Crippen LogP contribution in [0, 0.1) is 0 Å². The molecule has 0 saturated carbocycles. The van der Waals surface area contributed by atoms with E-state index in [0.29, 0.717) is 13.0 Å². The van der Waals surface area contributed by atoms with Crippen molar-refractivity contribution in [2.24, 2.45) is 0 Å². The summed E-state index contributed by atoms with van der Waals surface area (Å²) in [4.78, 5) is 11.0. The average Bonchev–Trinajstić information content (AvgIpc) is 2.27. The van der Waals surface area contributed by atoms with Crippen molar-refractivity contribution in [1.82, 2.24) is 5.32 Å². The van der Waals surface area contributed by atoms with Crippen molar-refractivity contribution in [1.29, 1.82) is 0 Å². The molecule has 86 valence electrons. The zero-order chi connectivity index (χ0) is 11.6. The predicted molar refractivity (Wildman–Crippen MR) is 62.5 cm³/mol. The maximum absolute atomic E-state index is 11.0. The Balaban J connectivity index is 2.09. The summed E-state index contributed by atoms with van der Waals surface area (Å²) in [5.41, 5.74) is 0.682. The average molecular weight is 240 g/mol. The molecule has 1 aromatic carbocycles. The minimum atomic E-state index is -0.362. The van der Waals surface area contributed by atoms with Crippen LogP contribution in [-0.4, -0.2) is 24.7 Å². The predicted octanol–water partition coefficient (Wildman–Crippen LogP) is 1.79. The van der Waals surface area contributed by atoms with E-state index in [9.17, 15) is 4.79 Å². The lowest BCUT2D eigenvalue weighted by Crippen LogP contribution is -2.51. The number of carbonyl (C=O) groups excluding carboxylic acids is 1. The van der Waals surface area contributed by atoms with Crippen molar-refractivity contribution in [2.75, 3.05) is 13.2 Å². The van der Waals surface area contributed by atoms with E-state index < -0.39 is 0 Å². The number of nitrogens with one attached hydrogen (secondary N) is 1. The first-order chi connectivity index (χ1) is 7.59. The van der Waals surface area contributed by atoms with Gasteiger partial charge in [-0.3, -0.25) is 4.79 Å². The minimum Gasteiger partial charge on any atom is -0.363 e. The summed E-state index contributed by atoms with van der Waals surface area (Å²) in [6, 6.07) is 7.69. The Morgan fingerprint density at radius 3 is 2.88 bits per heavy atom. The van der Waals surface area contributed by atoms with Crippen LogP contribution in [0.15, 0.2) is 24.3 Å². The van der Waals surface area contributed by atoms with Crippen LogP contribution in [0.3, 0.4) is 0 Å². The summed E-state index contributed by atoms with van der Waals surface area (Å²) in [7, 11) is 0. The number of morpholine rings is 1. The summed E-state index contributed by atoms with van der Waals surface area (Å²) < 4.78 is 5.57. The molecule has 0 aliphatic carbocycles. The number of hydrogen-bond acceptors (Lipinski definition) is 2. The largest absolute Gasteiger partial charge is 0.363 e. The van der Waals surface area contributed by atoms with E-state index in [-0.39, 0.29) is 18.1 Å². The van der Waals surface area contributed by atoms with Crippen molar-refractivity contribution in [2.45, 2.75) is 18.9 Å². The maximum Gasteiger partial charge on any atom is 0.246 e. The zero-order valence-electron chi connectivity index (χ0n) is 9.13. The summed E-state index contributed by atoms with van der Waals surface area (Å²) >= 11 is 6.09. The fraction of sp³-hybridized carbons (Fsp3) is 0.417. The van der Waals surface area contributed by atoms with Gasteiger partial charge in [0.05, 0.1) is 5.60 Å². The molecule has 1 unspecified atom stereocenters. The van der Waals surface area contributed by atoms with Crippen molar-refractivity contribution in [3.05, 3.63) is 34.9 Å². The molecule has 1 aliphatic rings. The summed E-state index contributed by atoms with van der Waals surface area (Å²) in [5, 5.41) is 3.55. The first kappa shape index (κ1) is 11.4. The normalized spacial score (nSPS) is 25.2. The highest BCUT2D eigenvalue weighted by Crippen LogP contribution is 2.24. The molecule has 0 spiro atoms. The van der Waals surface area contributed by atoms with Crippen LogP contribution in [0.5, 0.6) is 0 Å². The lowest BCUT2D eigenvalue weighted by molar-refractivity contribution is -0.141. The number of amides is 1. The third-order valence-electron chi connectivity index (χ3n) is 2.73. The number of hydrogen-bond donors (Lipinski definition) is 1. The Bertz CT molecular complexity index is 396. The van der Waals surface area contributed by atoms with Crippen LogP contribution in [0.2, 0.25) is 5.02 Å². The van der Waals surface area contributed by atoms with Crippen LogP contribution in [0.25, 0.3) is 0 Å². The number of carbonyl (C=O) groups is 1. The summed E-state index contributed by atoms with van der Waals surface area (Å²) in [5.74, 6) is -0.0587. The highest BCUT2D eigenvalue weighted by molar-refractivity contribution is 6.31. The quantitative estimate of drug-likeness (QED) is 0.855. The fourth-order valence-corrected chi connectivity index (χ4v) is 1.99. The molecule has 4 heteroatoms. The highest BCUT2D eigenvalue weighted by Gasteiger charge is 2.31. The van der Waals surface area contributed by atoms with Gasteiger partial charge < -0.3 is 10.1 Å². The van der Waals surface area contributed by atoms with Gasteiger partial charge in [-0.1, -0.05) is 29.8 Å². The van der Waals surface area contributed by atoms with Crippen LogP contribution in [0.1, 0.15) is 12.5 Å². The smallest absolute Gasteiger partial charge is 0.246 e. The van der Waals surface area contributed by atoms with Crippen molar-refractivity contribution >= 4 is 17.5 Å². The van der Waals surface area contributed by atoms with Gasteiger partial charge >= 0.3 is 0 Å². The molecule has 0 radical (unpaired) electrons. The molecule has 1 heterocycles. The van der Waals surface area contributed by atoms with Crippen molar-refractivity contribution in [3.63, 3.8) is 0 Å². The molecule has 1 saturated heterocycles. The third kappa shape index (κ3) is 2.54. The second kappa shape index (κ2) is 4.44. The van der Waals surface area contributed by atoms with Gasteiger partial charge in [-0.05, 0) is 18.6 Å². The zero-order valence-corrected chi connectivity index (χ0v) is 9.88. The molecule has 1 aromatic rings. The van der Waals surface area contributed by atoms with Crippen LogP contribution >= 0.6 is 11.6 Å². The molecule has 1 fully saturated rings. The Labute approximate surface area is 99.7 Å². The minimum absolute atomic E-state index is 0.0587. The van der Waals surface area contributed by atoms with Gasteiger partial charge in [0.1, 0.15) is 6.61 Å². The first-order valence-electron chi connectivity index (χ1n) is 5.23. The van der Waals surface area contributed by atoms with E-state index in [4.69, 9.17) is 16.3 Å². The van der Waals surface area contributed by atoms with E-state index in [0.717, 1.165) is 10.6 Å². The van der Waals surface area contributed by atoms with E-state index in [1.165, 1.54) is 0 Å². The second-order valence-corrected chi connectivity index (χ2v) is 4.69. The molecule has 1 atom stereocenters. The maximum atomic E-state index is 11.0. The first-order valence-corrected chi connectivity index (χ1v) is 5.61. The highest BCUT2D eigenvalue weighted by atomic mass is 35.5. The molecule has 1 amide bonds. The number of rotatable bonds is 2. The van der Waals surface area contributed by atoms with Gasteiger partial charge in [0.2, 0.25) is 5.91 Å². The molecule has 1 N–H and O–H groups in total. The fourth-order valence-electron chi connectivity index (χ4n) is 1.79. The van der Waals surface area contributed by atoms with Gasteiger partial charge in [-0.2, -0.15) is 0 Å². The van der Waals surface area contributed by atoms with Crippen LogP contribution < -0.4 is 5.32 Å². The van der Waals surface area contributed by atoms with E-state index in [1.54, 1.807) is 0 Å². The van der Waals surface area contributed by atoms with Crippen molar-refractivity contribution < 1.29 is 9.53 Å². The molecule has 0 aromatic heterocycles. The van der Waals surface area contributed by atoms with E-state index in [1.807, 2.05) is 31.2 Å². The molecule has 16 heavy (non-hydrogen) atoms. The number of halogens is 1. The molecular weight excluding hydrogens is 226 g/mol. The Morgan fingerprint density at radius 1 is 1.50 bits per heavy atom. The van der Waals surface area contributed by atoms with Crippen LogP contribution in [-0.2, 0) is 16.0 Å². The topological polar surface area (TPSA) is 38.3 Å². The van der Waals surface area contributed by atoms with Crippen LogP contribution in [0.4, 0.5) is 0 Å². The Morgan fingerprint density at radius 2 is 2.25 bits per heavy atom. The summed E-state index contributed by atoms with van der Waals surface area (Å²) in [6.07, 6.45) is 0.701. The van der Waals surface area contributed by atoms with Crippen molar-refractivity contribution in [3.8, 4) is 0 Å². The van der Waals surface area contributed by atoms with Gasteiger partial charge in [-0.15, -0.1) is 0 Å². The molecular formula is C12H14ClNO2. The van der Waals surface area contributed by atoms with Gasteiger partial charge in [-0.25, -0.2) is 0 Å². The van der Waals surface area contributed by atoms with E-state index >= 15 is 0 Å². The van der Waals surface area contributed by atoms with Gasteiger partial charge in [0.15, 0.2) is 0 Å². The number of ether oxygens (including phenoxy) is 1. The molecule has 1 aliphatic heterocycles. The summed E-state index contributed by atoms with van der Waals surface area (Å²) in [6.45, 7) is 2.63. The van der Waals surface area contributed by atoms with Gasteiger partial charge in [0.25, 0.3) is 0 Å². The van der Waals surface area contributed by atoms with Gasteiger partial charge in [0, 0.05) is 18.0 Å². The number of benzene rings is 1. The monoisotopic (exact) mass is 239 g/mol. The lowest BCUT2D eigenvalue weighted by Gasteiger charge is -2.34. The third-order valence-corrected chi connectivity index (χ3v) is 3.10. The van der Waals surface area contributed by atoms with E-state index in [2.05, 4.69) is 5.32 Å². The SMILES string of the molecule is CC1(Cc2ccccc2Cl)CNC(=O)CO1. The Kier molecular flexibility index (Phi) is 3.17. The lowest BCUT2D eigenvalue weighted by atomic mass is 9.95. The molecule has 0 bridgehead atoms. The second-order valence-electron chi connectivity index (χ2n) is 4.28. The standard InChI is InChI=1S/C12H14ClNO2/c1-12(8-14-11(15)7-16-12)6-9-4-2-3-5-10(9)13/h2-5H,6-8H2,1H3,(H,14,15). The Hall–Kier alpha value is -1.06. The molecule has 2 rings (SSSR count).